The topological polar surface area (TPSA) is 18.5 Å². The van der Waals surface area contributed by atoms with Gasteiger partial charge in [0.25, 0.3) is 0 Å². The zero-order chi connectivity index (χ0) is 11.5. The molecule has 1 saturated heterocycles. The van der Waals surface area contributed by atoms with Gasteiger partial charge in [-0.1, -0.05) is 12.1 Å². The van der Waals surface area contributed by atoms with Gasteiger partial charge in [-0.25, -0.2) is 0 Å². The third kappa shape index (κ3) is 2.33. The van der Waals surface area contributed by atoms with Crippen LogP contribution in [0, 0.1) is 6.92 Å². The highest BCUT2D eigenvalue weighted by Gasteiger charge is 2.25. The summed E-state index contributed by atoms with van der Waals surface area (Å²) >= 11 is 6.41. The standard InChI is InChI=1S/C13H17ClO2/c1-9-8-10(5-6-11(9)15-2)13(14)12-4-3-7-16-12/h5-6,8,12-13H,3-4,7H2,1-2H3. The summed E-state index contributed by atoms with van der Waals surface area (Å²) in [5.41, 5.74) is 2.23. The van der Waals surface area contributed by atoms with E-state index in [2.05, 4.69) is 6.07 Å². The Morgan fingerprint density at radius 1 is 1.50 bits per heavy atom. The quantitative estimate of drug-likeness (QED) is 0.754. The number of hydrogen-bond acceptors (Lipinski definition) is 2. The molecule has 3 heteroatoms. The number of methoxy groups -OCH3 is 1. The molecule has 2 rings (SSSR count). The highest BCUT2D eigenvalue weighted by molar-refractivity contribution is 6.21. The molecule has 0 aliphatic carbocycles. The molecule has 2 atom stereocenters. The van der Waals surface area contributed by atoms with E-state index < -0.39 is 0 Å². The minimum absolute atomic E-state index is 0.0490. The molecule has 1 aliphatic heterocycles. The van der Waals surface area contributed by atoms with E-state index in [0.717, 1.165) is 36.3 Å². The summed E-state index contributed by atoms with van der Waals surface area (Å²) in [6.07, 6.45) is 2.33. The molecule has 2 nitrogen and oxygen atoms in total. The second-order valence-electron chi connectivity index (χ2n) is 4.18. The van der Waals surface area contributed by atoms with Crippen LogP contribution < -0.4 is 4.74 Å². The molecule has 0 amide bonds. The monoisotopic (exact) mass is 240 g/mol. The number of hydrogen-bond donors (Lipinski definition) is 0. The van der Waals surface area contributed by atoms with Crippen LogP contribution in [-0.2, 0) is 4.74 Å². The Kier molecular flexibility index (Phi) is 3.72. The van der Waals surface area contributed by atoms with Crippen molar-refractivity contribution in [1.29, 1.82) is 0 Å². The first-order valence-corrected chi connectivity index (χ1v) is 6.06. The maximum atomic E-state index is 6.41. The molecule has 0 spiro atoms. The Morgan fingerprint density at radius 2 is 2.31 bits per heavy atom. The van der Waals surface area contributed by atoms with Crippen LogP contribution in [0.1, 0.15) is 29.3 Å². The third-order valence-electron chi connectivity index (χ3n) is 3.03. The number of alkyl halides is 1. The van der Waals surface area contributed by atoms with Crippen LogP contribution in [0.3, 0.4) is 0 Å². The SMILES string of the molecule is COc1ccc(C(Cl)C2CCCO2)cc1C. The first-order valence-electron chi connectivity index (χ1n) is 5.62. The Morgan fingerprint density at radius 3 is 2.88 bits per heavy atom. The van der Waals surface area contributed by atoms with Crippen molar-refractivity contribution in [1.82, 2.24) is 0 Å². The molecular weight excluding hydrogens is 224 g/mol. The summed E-state index contributed by atoms with van der Waals surface area (Å²) < 4.78 is 10.8. The van der Waals surface area contributed by atoms with Crippen molar-refractivity contribution in [2.24, 2.45) is 0 Å². The third-order valence-corrected chi connectivity index (χ3v) is 3.56. The fourth-order valence-electron chi connectivity index (χ4n) is 2.12. The van der Waals surface area contributed by atoms with Crippen LogP contribution in [0.2, 0.25) is 0 Å². The van der Waals surface area contributed by atoms with Crippen molar-refractivity contribution in [2.75, 3.05) is 13.7 Å². The highest BCUT2D eigenvalue weighted by atomic mass is 35.5. The largest absolute Gasteiger partial charge is 0.496 e. The van der Waals surface area contributed by atoms with Crippen molar-refractivity contribution >= 4 is 11.6 Å². The fraction of sp³-hybridized carbons (Fsp3) is 0.538. The van der Waals surface area contributed by atoms with E-state index in [4.69, 9.17) is 21.1 Å². The normalized spacial score (nSPS) is 22.1. The van der Waals surface area contributed by atoms with Gasteiger partial charge in [0, 0.05) is 6.61 Å². The molecule has 1 heterocycles. The van der Waals surface area contributed by atoms with Gasteiger partial charge in [0.1, 0.15) is 5.75 Å². The molecule has 1 aliphatic rings. The van der Waals surface area contributed by atoms with Gasteiger partial charge < -0.3 is 9.47 Å². The van der Waals surface area contributed by atoms with E-state index in [1.165, 1.54) is 0 Å². The zero-order valence-electron chi connectivity index (χ0n) is 9.70. The molecule has 1 aromatic rings. The maximum Gasteiger partial charge on any atom is 0.121 e. The summed E-state index contributed by atoms with van der Waals surface area (Å²) in [7, 11) is 1.68. The molecule has 2 unspecified atom stereocenters. The average Bonchev–Trinajstić information content (AvgIpc) is 2.81. The van der Waals surface area contributed by atoms with Gasteiger partial charge in [0.15, 0.2) is 0 Å². The molecule has 0 N–H and O–H groups in total. The lowest BCUT2D eigenvalue weighted by atomic mass is 10.0. The van der Waals surface area contributed by atoms with E-state index in [9.17, 15) is 0 Å². The first kappa shape index (κ1) is 11.7. The van der Waals surface area contributed by atoms with E-state index in [-0.39, 0.29) is 11.5 Å². The van der Waals surface area contributed by atoms with Gasteiger partial charge in [-0.2, -0.15) is 0 Å². The molecule has 0 aromatic heterocycles. The van der Waals surface area contributed by atoms with E-state index >= 15 is 0 Å². The lowest BCUT2D eigenvalue weighted by molar-refractivity contribution is 0.107. The Hall–Kier alpha value is -0.730. The van der Waals surface area contributed by atoms with Gasteiger partial charge in [-0.05, 0) is 37.0 Å². The summed E-state index contributed by atoms with van der Waals surface area (Å²) in [5, 5.41) is -0.0490. The zero-order valence-corrected chi connectivity index (χ0v) is 10.5. The predicted octanol–water partition coefficient (Wildman–Crippen LogP) is 3.46. The van der Waals surface area contributed by atoms with E-state index in [0.29, 0.717) is 0 Å². The van der Waals surface area contributed by atoms with E-state index in [1.807, 2.05) is 19.1 Å². The smallest absolute Gasteiger partial charge is 0.121 e. The minimum Gasteiger partial charge on any atom is -0.496 e. The number of rotatable bonds is 3. The van der Waals surface area contributed by atoms with Gasteiger partial charge in [-0.3, -0.25) is 0 Å². The van der Waals surface area contributed by atoms with Crippen LogP contribution in [0.4, 0.5) is 0 Å². The van der Waals surface area contributed by atoms with Crippen LogP contribution in [-0.4, -0.2) is 19.8 Å². The van der Waals surface area contributed by atoms with Crippen molar-refractivity contribution < 1.29 is 9.47 Å². The minimum atomic E-state index is -0.0490. The summed E-state index contributed by atoms with van der Waals surface area (Å²) in [6, 6.07) is 6.07. The van der Waals surface area contributed by atoms with Crippen molar-refractivity contribution in [3.05, 3.63) is 29.3 Å². The first-order chi connectivity index (χ1) is 7.72. The molecule has 0 bridgehead atoms. The van der Waals surface area contributed by atoms with Crippen LogP contribution >= 0.6 is 11.6 Å². The molecule has 88 valence electrons. The van der Waals surface area contributed by atoms with Crippen LogP contribution in [0.25, 0.3) is 0 Å². The maximum absolute atomic E-state index is 6.41. The number of halogens is 1. The molecule has 0 radical (unpaired) electrons. The fourth-order valence-corrected chi connectivity index (χ4v) is 2.46. The number of ether oxygens (including phenoxy) is 2. The Balaban J connectivity index is 2.16. The van der Waals surface area contributed by atoms with Crippen LogP contribution in [0.5, 0.6) is 5.75 Å². The van der Waals surface area contributed by atoms with Gasteiger partial charge in [0.05, 0.1) is 18.6 Å². The summed E-state index contributed by atoms with van der Waals surface area (Å²) in [5.74, 6) is 0.903. The average molecular weight is 241 g/mol. The molecule has 0 saturated carbocycles. The molecule has 16 heavy (non-hydrogen) atoms. The molecule has 1 aromatic carbocycles. The Labute approximate surface area is 102 Å². The second-order valence-corrected chi connectivity index (χ2v) is 4.65. The lowest BCUT2D eigenvalue weighted by Crippen LogP contribution is -2.12. The highest BCUT2D eigenvalue weighted by Crippen LogP contribution is 2.34. The van der Waals surface area contributed by atoms with Crippen LogP contribution in [0.15, 0.2) is 18.2 Å². The summed E-state index contributed by atoms with van der Waals surface area (Å²) in [4.78, 5) is 0. The van der Waals surface area contributed by atoms with Gasteiger partial charge >= 0.3 is 0 Å². The van der Waals surface area contributed by atoms with Gasteiger partial charge in [-0.15, -0.1) is 11.6 Å². The van der Waals surface area contributed by atoms with Crippen molar-refractivity contribution in [3.63, 3.8) is 0 Å². The summed E-state index contributed by atoms with van der Waals surface area (Å²) in [6.45, 7) is 2.87. The van der Waals surface area contributed by atoms with Gasteiger partial charge in [0.2, 0.25) is 0 Å². The number of aryl methyl sites for hydroxylation is 1. The van der Waals surface area contributed by atoms with E-state index in [1.54, 1.807) is 7.11 Å². The second kappa shape index (κ2) is 5.07. The number of benzene rings is 1. The van der Waals surface area contributed by atoms with Crippen molar-refractivity contribution in [3.8, 4) is 5.75 Å². The molecule has 1 fully saturated rings. The Bertz CT molecular complexity index is 359. The lowest BCUT2D eigenvalue weighted by Gasteiger charge is -2.18. The van der Waals surface area contributed by atoms with Crippen molar-refractivity contribution in [2.45, 2.75) is 31.2 Å². The molecular formula is C13H17ClO2. The predicted molar refractivity (Wildman–Crippen MR) is 65.3 cm³/mol.